The van der Waals surface area contributed by atoms with E-state index in [0.29, 0.717) is 0 Å². The maximum atomic E-state index is 12.3. The number of fused-ring (bicyclic) bond motifs is 1. The smallest absolute Gasteiger partial charge is 0.328 e. The standard InChI is InChI=1S/C16H22N2O3S/c19-16(17-14-7-2-1-3-8-14)18-22(20,21)15-10-9-12-5-4-6-13(12)11-15/h9-11,14H,1-8H2,(H2,17,18,19). The summed E-state index contributed by atoms with van der Waals surface area (Å²) in [6, 6.07) is 4.60. The van der Waals surface area contributed by atoms with E-state index in [9.17, 15) is 13.2 Å². The van der Waals surface area contributed by atoms with Crippen LogP contribution in [0, 0.1) is 0 Å². The van der Waals surface area contributed by atoms with E-state index < -0.39 is 16.1 Å². The van der Waals surface area contributed by atoms with Gasteiger partial charge in [-0.1, -0.05) is 25.3 Å². The first-order valence-electron chi connectivity index (χ1n) is 8.00. The summed E-state index contributed by atoms with van der Waals surface area (Å²) in [7, 11) is -3.79. The summed E-state index contributed by atoms with van der Waals surface area (Å²) >= 11 is 0. The van der Waals surface area contributed by atoms with Crippen molar-refractivity contribution >= 4 is 16.1 Å². The molecule has 2 amide bonds. The molecule has 0 saturated heterocycles. The second-order valence-corrected chi connectivity index (χ2v) is 7.88. The van der Waals surface area contributed by atoms with Crippen LogP contribution in [0.1, 0.15) is 49.7 Å². The predicted molar refractivity (Wildman–Crippen MR) is 84.2 cm³/mol. The predicted octanol–water partition coefficient (Wildman–Crippen LogP) is 2.50. The normalized spacial score (nSPS) is 18.7. The first kappa shape index (κ1) is 15.3. The number of benzene rings is 1. The van der Waals surface area contributed by atoms with Crippen molar-refractivity contribution in [1.82, 2.24) is 10.0 Å². The molecule has 0 aliphatic heterocycles. The highest BCUT2D eigenvalue weighted by Crippen LogP contribution is 2.24. The zero-order valence-electron chi connectivity index (χ0n) is 12.6. The fraction of sp³-hybridized carbons (Fsp3) is 0.562. The number of nitrogens with one attached hydrogen (secondary N) is 2. The van der Waals surface area contributed by atoms with Crippen molar-refractivity contribution in [1.29, 1.82) is 0 Å². The van der Waals surface area contributed by atoms with Gasteiger partial charge in [0.15, 0.2) is 0 Å². The van der Waals surface area contributed by atoms with E-state index in [2.05, 4.69) is 10.0 Å². The molecule has 0 atom stereocenters. The first-order chi connectivity index (χ1) is 10.5. The summed E-state index contributed by atoms with van der Waals surface area (Å²) in [5.41, 5.74) is 2.29. The molecule has 2 aliphatic rings. The molecule has 1 saturated carbocycles. The van der Waals surface area contributed by atoms with Gasteiger partial charge in [-0.05, 0) is 55.4 Å². The van der Waals surface area contributed by atoms with Crippen LogP contribution in [0.5, 0.6) is 0 Å². The van der Waals surface area contributed by atoms with Crippen molar-refractivity contribution in [3.63, 3.8) is 0 Å². The Labute approximate surface area is 131 Å². The Morgan fingerprint density at radius 1 is 1.00 bits per heavy atom. The van der Waals surface area contributed by atoms with Crippen molar-refractivity contribution in [3.8, 4) is 0 Å². The van der Waals surface area contributed by atoms with Crippen LogP contribution in [0.15, 0.2) is 23.1 Å². The van der Waals surface area contributed by atoms with Gasteiger partial charge in [0.1, 0.15) is 0 Å². The van der Waals surface area contributed by atoms with Gasteiger partial charge >= 0.3 is 6.03 Å². The number of carbonyl (C=O) groups excluding carboxylic acids is 1. The van der Waals surface area contributed by atoms with Crippen LogP contribution in [0.4, 0.5) is 4.79 Å². The van der Waals surface area contributed by atoms with Gasteiger partial charge in [0, 0.05) is 6.04 Å². The van der Waals surface area contributed by atoms with Crippen LogP contribution in [0.2, 0.25) is 0 Å². The Bertz CT molecular complexity index is 664. The van der Waals surface area contributed by atoms with Crippen LogP contribution in [0.3, 0.4) is 0 Å². The molecule has 0 bridgehead atoms. The Balaban J connectivity index is 1.66. The number of carbonyl (C=O) groups is 1. The lowest BCUT2D eigenvalue weighted by atomic mass is 9.96. The molecule has 22 heavy (non-hydrogen) atoms. The molecule has 2 N–H and O–H groups in total. The number of amides is 2. The minimum Gasteiger partial charge on any atom is -0.335 e. The lowest BCUT2D eigenvalue weighted by Crippen LogP contribution is -2.45. The van der Waals surface area contributed by atoms with E-state index in [0.717, 1.165) is 50.5 Å². The fourth-order valence-electron chi connectivity index (χ4n) is 3.36. The second kappa shape index (κ2) is 6.28. The zero-order valence-corrected chi connectivity index (χ0v) is 13.4. The van der Waals surface area contributed by atoms with Crippen molar-refractivity contribution in [2.45, 2.75) is 62.3 Å². The summed E-state index contributed by atoms with van der Waals surface area (Å²) in [6.07, 6.45) is 8.18. The average molecular weight is 322 g/mol. The molecular weight excluding hydrogens is 300 g/mol. The average Bonchev–Trinajstić information content (AvgIpc) is 2.95. The quantitative estimate of drug-likeness (QED) is 0.898. The summed E-state index contributed by atoms with van der Waals surface area (Å²) in [6.45, 7) is 0. The molecule has 120 valence electrons. The van der Waals surface area contributed by atoms with E-state index in [1.807, 2.05) is 6.07 Å². The van der Waals surface area contributed by atoms with Gasteiger partial charge in [-0.25, -0.2) is 17.9 Å². The third-order valence-corrected chi connectivity index (χ3v) is 5.88. The number of aryl methyl sites for hydroxylation is 2. The van der Waals surface area contributed by atoms with Gasteiger partial charge in [-0.15, -0.1) is 0 Å². The second-order valence-electron chi connectivity index (χ2n) is 6.20. The van der Waals surface area contributed by atoms with Crippen molar-refractivity contribution < 1.29 is 13.2 Å². The van der Waals surface area contributed by atoms with E-state index in [1.54, 1.807) is 12.1 Å². The molecule has 2 aliphatic carbocycles. The third kappa shape index (κ3) is 3.43. The van der Waals surface area contributed by atoms with Gasteiger partial charge in [0.25, 0.3) is 10.0 Å². The highest BCUT2D eigenvalue weighted by molar-refractivity contribution is 7.90. The molecule has 0 radical (unpaired) electrons. The Kier molecular flexibility index (Phi) is 4.38. The number of hydrogen-bond acceptors (Lipinski definition) is 3. The molecule has 5 nitrogen and oxygen atoms in total. The maximum absolute atomic E-state index is 12.3. The van der Waals surface area contributed by atoms with E-state index in [4.69, 9.17) is 0 Å². The molecule has 0 aromatic heterocycles. The largest absolute Gasteiger partial charge is 0.335 e. The van der Waals surface area contributed by atoms with Gasteiger partial charge in [0.2, 0.25) is 0 Å². The van der Waals surface area contributed by atoms with Gasteiger partial charge < -0.3 is 5.32 Å². The monoisotopic (exact) mass is 322 g/mol. The van der Waals surface area contributed by atoms with Crippen LogP contribution in [-0.4, -0.2) is 20.5 Å². The molecule has 1 aromatic rings. The molecule has 1 fully saturated rings. The molecule has 0 unspecified atom stereocenters. The summed E-state index contributed by atoms with van der Waals surface area (Å²) in [4.78, 5) is 12.1. The molecule has 0 heterocycles. The van der Waals surface area contributed by atoms with E-state index in [-0.39, 0.29) is 10.9 Å². The number of rotatable bonds is 3. The van der Waals surface area contributed by atoms with Gasteiger partial charge in [-0.3, -0.25) is 0 Å². The summed E-state index contributed by atoms with van der Waals surface area (Å²) < 4.78 is 26.8. The van der Waals surface area contributed by atoms with Crippen LogP contribution < -0.4 is 10.0 Å². The lowest BCUT2D eigenvalue weighted by molar-refractivity contribution is 0.237. The van der Waals surface area contributed by atoms with Crippen molar-refractivity contribution in [3.05, 3.63) is 29.3 Å². The molecule has 0 spiro atoms. The topological polar surface area (TPSA) is 75.3 Å². The van der Waals surface area contributed by atoms with E-state index in [1.165, 1.54) is 12.0 Å². The van der Waals surface area contributed by atoms with Crippen LogP contribution >= 0.6 is 0 Å². The highest BCUT2D eigenvalue weighted by Gasteiger charge is 2.22. The SMILES string of the molecule is O=C(NC1CCCCC1)NS(=O)(=O)c1ccc2c(c1)CCC2. The number of urea groups is 1. The number of hydrogen-bond donors (Lipinski definition) is 2. The molecular formula is C16H22N2O3S. The van der Waals surface area contributed by atoms with E-state index >= 15 is 0 Å². The first-order valence-corrected chi connectivity index (χ1v) is 9.48. The Morgan fingerprint density at radius 2 is 1.73 bits per heavy atom. The zero-order chi connectivity index (χ0) is 15.6. The van der Waals surface area contributed by atoms with Crippen molar-refractivity contribution in [2.75, 3.05) is 0 Å². The van der Waals surface area contributed by atoms with Crippen LogP contribution in [0.25, 0.3) is 0 Å². The Morgan fingerprint density at radius 3 is 2.50 bits per heavy atom. The minimum atomic E-state index is -3.79. The molecule has 6 heteroatoms. The van der Waals surface area contributed by atoms with Crippen LogP contribution in [-0.2, 0) is 22.9 Å². The lowest BCUT2D eigenvalue weighted by Gasteiger charge is -2.22. The van der Waals surface area contributed by atoms with Gasteiger partial charge in [-0.2, -0.15) is 0 Å². The Hall–Kier alpha value is -1.56. The molecule has 3 rings (SSSR count). The summed E-state index contributed by atoms with van der Waals surface area (Å²) in [5.74, 6) is 0. The summed E-state index contributed by atoms with van der Waals surface area (Å²) in [5, 5.41) is 2.77. The third-order valence-electron chi connectivity index (χ3n) is 4.55. The van der Waals surface area contributed by atoms with Crippen molar-refractivity contribution in [2.24, 2.45) is 0 Å². The minimum absolute atomic E-state index is 0.0870. The maximum Gasteiger partial charge on any atom is 0.328 e. The number of sulfonamides is 1. The molecule has 1 aromatic carbocycles. The van der Waals surface area contributed by atoms with Gasteiger partial charge in [0.05, 0.1) is 4.90 Å². The fourth-order valence-corrected chi connectivity index (χ4v) is 4.32. The highest BCUT2D eigenvalue weighted by atomic mass is 32.2.